The molecular formula is C31H34N6O2. The van der Waals surface area contributed by atoms with E-state index in [9.17, 15) is 4.79 Å². The lowest BCUT2D eigenvalue weighted by atomic mass is 9.98. The van der Waals surface area contributed by atoms with Crippen LogP contribution in [-0.4, -0.2) is 34.1 Å². The highest BCUT2D eigenvalue weighted by Gasteiger charge is 2.13. The maximum atomic E-state index is 12.1. The number of primary amides is 1. The zero-order valence-corrected chi connectivity index (χ0v) is 22.2. The Morgan fingerprint density at radius 2 is 1.82 bits per heavy atom. The lowest BCUT2D eigenvalue weighted by Gasteiger charge is -2.12. The number of unbranched alkanes of at least 4 members (excludes halogenated alkanes) is 1. The summed E-state index contributed by atoms with van der Waals surface area (Å²) in [5.74, 6) is 0.960. The minimum absolute atomic E-state index is 0.393. The topological polar surface area (TPSA) is 121 Å². The third-order valence-electron chi connectivity index (χ3n) is 7.10. The van der Waals surface area contributed by atoms with E-state index in [-0.39, 0.29) is 0 Å². The van der Waals surface area contributed by atoms with Gasteiger partial charge < -0.3 is 26.1 Å². The zero-order chi connectivity index (χ0) is 27.2. The molecule has 5 N–H and O–H groups in total. The number of ether oxygens (including phenoxy) is 1. The van der Waals surface area contributed by atoms with Gasteiger partial charge in [-0.05, 0) is 67.1 Å². The third kappa shape index (κ3) is 5.86. The molecule has 0 bridgehead atoms. The molecule has 0 aliphatic carbocycles. The molecule has 5 aromatic rings. The Hall–Kier alpha value is -4.43. The molecule has 0 radical (unpaired) electrons. The first-order chi connectivity index (χ1) is 19.0. The number of nitrogens with two attached hydrogens (primary N) is 2. The van der Waals surface area contributed by atoms with Crippen LogP contribution in [0.1, 0.15) is 39.9 Å². The number of carbonyl (C=O) groups excluding carboxylic acids is 1. The smallest absolute Gasteiger partial charge is 0.248 e. The van der Waals surface area contributed by atoms with Gasteiger partial charge in [-0.3, -0.25) is 4.79 Å². The highest BCUT2D eigenvalue weighted by atomic mass is 16.5. The van der Waals surface area contributed by atoms with Gasteiger partial charge in [0, 0.05) is 24.0 Å². The number of anilines is 1. The fourth-order valence-corrected chi connectivity index (χ4v) is 5.14. The van der Waals surface area contributed by atoms with E-state index in [1.807, 2.05) is 54.9 Å². The summed E-state index contributed by atoms with van der Waals surface area (Å²) in [6.45, 7) is 2.33. The van der Waals surface area contributed by atoms with Crippen LogP contribution in [0, 0.1) is 0 Å². The van der Waals surface area contributed by atoms with Crippen LogP contribution >= 0.6 is 0 Å². The van der Waals surface area contributed by atoms with Crippen LogP contribution in [0.4, 0.5) is 5.82 Å². The van der Waals surface area contributed by atoms with Gasteiger partial charge in [0.25, 0.3) is 0 Å². The van der Waals surface area contributed by atoms with E-state index < -0.39 is 5.91 Å². The number of para-hydroxylation sites is 2. The fraction of sp³-hybridized carbons (Fsp3) is 0.258. The highest BCUT2D eigenvalue weighted by Crippen LogP contribution is 2.27. The van der Waals surface area contributed by atoms with E-state index in [1.165, 1.54) is 5.56 Å². The van der Waals surface area contributed by atoms with Gasteiger partial charge in [-0.15, -0.1) is 0 Å². The Bertz CT molecular complexity index is 1610. The molecule has 0 unspecified atom stereocenters. The third-order valence-corrected chi connectivity index (χ3v) is 7.10. The average Bonchev–Trinajstić information content (AvgIpc) is 3.38. The molecule has 200 valence electrons. The standard InChI is InChI=1S/C31H34N6O2/c1-39-27-12-5-2-8-22(27)15-16-34-19-21-13-14-24(31(33)38)23(18-21)9-6-7-17-37-20-35-28-29(37)25-10-3-4-11-26(25)36-30(28)32/h2-5,8,10-14,18,20,34H,6-7,9,15-17,19H2,1H3,(H2,32,36)(H2,33,38). The van der Waals surface area contributed by atoms with E-state index in [0.29, 0.717) is 17.9 Å². The number of aryl methyl sites for hydroxylation is 2. The van der Waals surface area contributed by atoms with Gasteiger partial charge in [0.15, 0.2) is 5.82 Å². The van der Waals surface area contributed by atoms with Gasteiger partial charge >= 0.3 is 0 Å². The molecule has 0 saturated heterocycles. The minimum Gasteiger partial charge on any atom is -0.496 e. The van der Waals surface area contributed by atoms with Crippen molar-refractivity contribution in [1.82, 2.24) is 19.9 Å². The van der Waals surface area contributed by atoms with Crippen LogP contribution in [0.5, 0.6) is 5.75 Å². The molecule has 0 fully saturated rings. The number of benzene rings is 3. The first-order valence-electron chi connectivity index (χ1n) is 13.3. The molecule has 0 spiro atoms. The molecule has 5 rings (SSSR count). The SMILES string of the molecule is COc1ccccc1CCNCc1ccc(C(N)=O)c(CCCCn2cnc3c(N)nc4ccccc4c32)c1. The molecule has 0 aliphatic rings. The quantitative estimate of drug-likeness (QED) is 0.206. The molecule has 8 nitrogen and oxygen atoms in total. The first kappa shape index (κ1) is 26.2. The lowest BCUT2D eigenvalue weighted by molar-refractivity contribution is 0.0999. The van der Waals surface area contributed by atoms with Crippen molar-refractivity contribution in [2.75, 3.05) is 19.4 Å². The summed E-state index contributed by atoms with van der Waals surface area (Å²) < 4.78 is 7.59. The van der Waals surface area contributed by atoms with E-state index in [2.05, 4.69) is 38.1 Å². The number of pyridine rings is 1. The first-order valence-corrected chi connectivity index (χ1v) is 13.3. The fourth-order valence-electron chi connectivity index (χ4n) is 5.14. The van der Waals surface area contributed by atoms with Crippen molar-refractivity contribution in [3.8, 4) is 5.75 Å². The Kier molecular flexibility index (Phi) is 8.03. The van der Waals surface area contributed by atoms with Gasteiger partial charge in [0.1, 0.15) is 11.3 Å². The Labute approximate surface area is 228 Å². The van der Waals surface area contributed by atoms with Gasteiger partial charge in [-0.25, -0.2) is 9.97 Å². The minimum atomic E-state index is -0.393. The summed E-state index contributed by atoms with van der Waals surface area (Å²) in [4.78, 5) is 21.1. The van der Waals surface area contributed by atoms with Crippen LogP contribution in [0.25, 0.3) is 21.9 Å². The predicted octanol–water partition coefficient (Wildman–Crippen LogP) is 4.63. The van der Waals surface area contributed by atoms with Gasteiger partial charge in [0.05, 0.1) is 24.5 Å². The number of aromatic nitrogens is 3. The summed E-state index contributed by atoms with van der Waals surface area (Å²) in [7, 11) is 1.70. The molecule has 1 amide bonds. The Morgan fingerprint density at radius 1 is 1.00 bits per heavy atom. The maximum Gasteiger partial charge on any atom is 0.248 e. The summed E-state index contributed by atoms with van der Waals surface area (Å²) in [5, 5.41) is 4.54. The number of fused-ring (bicyclic) bond motifs is 3. The molecule has 2 heterocycles. The van der Waals surface area contributed by atoms with Crippen molar-refractivity contribution in [3.63, 3.8) is 0 Å². The molecule has 2 aromatic heterocycles. The lowest BCUT2D eigenvalue weighted by Crippen LogP contribution is -2.18. The number of nitrogen functional groups attached to an aromatic ring is 1. The zero-order valence-electron chi connectivity index (χ0n) is 22.2. The van der Waals surface area contributed by atoms with Crippen molar-refractivity contribution in [1.29, 1.82) is 0 Å². The summed E-state index contributed by atoms with van der Waals surface area (Å²) >= 11 is 0. The Morgan fingerprint density at radius 3 is 2.67 bits per heavy atom. The predicted molar refractivity (Wildman–Crippen MR) is 156 cm³/mol. The largest absolute Gasteiger partial charge is 0.496 e. The number of methoxy groups -OCH3 is 1. The van der Waals surface area contributed by atoms with E-state index >= 15 is 0 Å². The normalized spacial score (nSPS) is 11.3. The number of imidazole rings is 1. The highest BCUT2D eigenvalue weighted by molar-refractivity contribution is 6.06. The summed E-state index contributed by atoms with van der Waals surface area (Å²) in [5.41, 5.74) is 18.4. The van der Waals surface area contributed by atoms with Crippen molar-refractivity contribution in [3.05, 3.63) is 95.3 Å². The molecule has 0 saturated carbocycles. The Balaban J connectivity index is 1.20. The summed E-state index contributed by atoms with van der Waals surface area (Å²) in [6.07, 6.45) is 5.30. The van der Waals surface area contributed by atoms with Gasteiger partial charge in [-0.2, -0.15) is 0 Å². The average molecular weight is 523 g/mol. The van der Waals surface area contributed by atoms with Crippen molar-refractivity contribution < 1.29 is 9.53 Å². The van der Waals surface area contributed by atoms with E-state index in [4.69, 9.17) is 16.2 Å². The molecule has 39 heavy (non-hydrogen) atoms. The summed E-state index contributed by atoms with van der Waals surface area (Å²) in [6, 6.07) is 22.0. The van der Waals surface area contributed by atoms with Crippen LogP contribution in [0.2, 0.25) is 0 Å². The second-order valence-electron chi connectivity index (χ2n) is 9.70. The monoisotopic (exact) mass is 522 g/mol. The number of amides is 1. The number of rotatable bonds is 12. The maximum absolute atomic E-state index is 12.1. The number of hydrogen-bond donors (Lipinski definition) is 3. The number of nitrogens with one attached hydrogen (secondary N) is 1. The van der Waals surface area contributed by atoms with Gasteiger partial charge in [0.2, 0.25) is 5.91 Å². The van der Waals surface area contributed by atoms with Crippen LogP contribution in [0.3, 0.4) is 0 Å². The molecule has 3 aromatic carbocycles. The van der Waals surface area contributed by atoms with Gasteiger partial charge in [-0.1, -0.05) is 48.5 Å². The molecule has 8 heteroatoms. The number of nitrogens with zero attached hydrogens (tertiary/aromatic N) is 3. The van der Waals surface area contributed by atoms with Crippen LogP contribution in [0.15, 0.2) is 73.1 Å². The molecular weight excluding hydrogens is 488 g/mol. The van der Waals surface area contributed by atoms with E-state index in [0.717, 1.165) is 77.6 Å². The van der Waals surface area contributed by atoms with Crippen molar-refractivity contribution in [2.45, 2.75) is 38.8 Å². The van der Waals surface area contributed by atoms with Crippen molar-refractivity contribution >= 4 is 33.7 Å². The van der Waals surface area contributed by atoms with E-state index in [1.54, 1.807) is 7.11 Å². The number of hydrogen-bond acceptors (Lipinski definition) is 6. The second kappa shape index (κ2) is 12.0. The number of carbonyl (C=O) groups is 1. The van der Waals surface area contributed by atoms with Crippen molar-refractivity contribution in [2.24, 2.45) is 5.73 Å². The molecule has 0 aliphatic heterocycles. The molecule has 0 atom stereocenters. The second-order valence-corrected chi connectivity index (χ2v) is 9.70. The van der Waals surface area contributed by atoms with Crippen LogP contribution in [-0.2, 0) is 25.9 Å². The van der Waals surface area contributed by atoms with Crippen LogP contribution < -0.4 is 21.5 Å².